The van der Waals surface area contributed by atoms with Crippen molar-refractivity contribution in [2.45, 2.75) is 13.1 Å². The number of aromatic nitrogens is 2. The third-order valence-electron chi connectivity index (χ3n) is 4.33. The van der Waals surface area contributed by atoms with Crippen LogP contribution in [0.4, 0.5) is 4.39 Å². The maximum Gasteiger partial charge on any atom is 0.144 e. The average molecular weight is 335 g/mol. The van der Waals surface area contributed by atoms with E-state index in [4.69, 9.17) is 0 Å². The van der Waals surface area contributed by atoms with Crippen molar-refractivity contribution in [3.63, 3.8) is 0 Å². The van der Waals surface area contributed by atoms with Crippen LogP contribution in [0.2, 0.25) is 0 Å². The van der Waals surface area contributed by atoms with Crippen LogP contribution in [0.15, 0.2) is 66.0 Å². The van der Waals surface area contributed by atoms with Crippen LogP contribution < -0.4 is 5.43 Å². The molecule has 2 aromatic carbocycles. The van der Waals surface area contributed by atoms with E-state index in [1.165, 1.54) is 12.1 Å². The fourth-order valence-corrected chi connectivity index (χ4v) is 3.08. The third kappa shape index (κ3) is 2.76. The molecule has 1 atom stereocenters. The van der Waals surface area contributed by atoms with Crippen molar-refractivity contribution in [2.24, 2.45) is 5.10 Å². The number of nitrogens with zero attached hydrogens (tertiary/aromatic N) is 4. The van der Waals surface area contributed by atoms with Gasteiger partial charge in [0.15, 0.2) is 0 Å². The number of para-hydroxylation sites is 1. The van der Waals surface area contributed by atoms with Gasteiger partial charge in [0.2, 0.25) is 0 Å². The van der Waals surface area contributed by atoms with Crippen LogP contribution in [0.3, 0.4) is 0 Å². The second kappa shape index (κ2) is 6.39. The summed E-state index contributed by atoms with van der Waals surface area (Å²) in [6.45, 7) is 2.94. The lowest BCUT2D eigenvalue weighted by Crippen LogP contribution is -2.29. The number of nitrogens with one attached hydrogen (secondary N) is 1. The zero-order chi connectivity index (χ0) is 17.2. The molecule has 2 heterocycles. The number of hydrogen-bond acceptors (Lipinski definition) is 4. The topological polar surface area (TPSA) is 45.5 Å². The van der Waals surface area contributed by atoms with Crippen molar-refractivity contribution in [3.8, 4) is 17.1 Å². The molecule has 0 radical (unpaired) electrons. The molecular formula is C19H18FN5. The minimum atomic E-state index is -0.256. The van der Waals surface area contributed by atoms with Gasteiger partial charge in [-0.1, -0.05) is 18.2 Å². The molecule has 126 valence electrons. The van der Waals surface area contributed by atoms with E-state index in [0.29, 0.717) is 0 Å². The molecule has 4 rings (SSSR count). The lowest BCUT2D eigenvalue weighted by Gasteiger charge is -2.25. The molecule has 25 heavy (non-hydrogen) atoms. The average Bonchev–Trinajstić information content (AvgIpc) is 3.31. The van der Waals surface area contributed by atoms with E-state index in [9.17, 15) is 4.39 Å². The molecule has 0 saturated heterocycles. The molecule has 6 heteroatoms. The second-order valence-corrected chi connectivity index (χ2v) is 5.79. The number of rotatable bonds is 4. The van der Waals surface area contributed by atoms with Gasteiger partial charge < -0.3 is 4.90 Å². The van der Waals surface area contributed by atoms with Crippen LogP contribution in [0.1, 0.15) is 18.7 Å². The lowest BCUT2D eigenvalue weighted by atomic mass is 10.1. The number of benzene rings is 2. The van der Waals surface area contributed by atoms with Gasteiger partial charge in [-0.15, -0.1) is 0 Å². The SMILES string of the molecule is CCN1C=NNC1c1ccccc1-n1ccnc1-c1ccc(F)cc1. The molecular weight excluding hydrogens is 317 g/mol. The van der Waals surface area contributed by atoms with E-state index >= 15 is 0 Å². The predicted octanol–water partition coefficient (Wildman–Crippen LogP) is 3.55. The van der Waals surface area contributed by atoms with Crippen LogP contribution >= 0.6 is 0 Å². The minimum absolute atomic E-state index is 0.0235. The van der Waals surface area contributed by atoms with Gasteiger partial charge >= 0.3 is 0 Å². The summed E-state index contributed by atoms with van der Waals surface area (Å²) in [6, 6.07) is 14.5. The first kappa shape index (κ1) is 15.4. The van der Waals surface area contributed by atoms with Crippen molar-refractivity contribution in [3.05, 3.63) is 72.3 Å². The Balaban J connectivity index is 1.80. The molecule has 1 N–H and O–H groups in total. The summed E-state index contributed by atoms with van der Waals surface area (Å²) in [5, 5.41) is 4.19. The van der Waals surface area contributed by atoms with Crippen LogP contribution in [0.5, 0.6) is 0 Å². The highest BCUT2D eigenvalue weighted by Gasteiger charge is 2.24. The highest BCUT2D eigenvalue weighted by Crippen LogP contribution is 2.29. The maximum absolute atomic E-state index is 13.2. The second-order valence-electron chi connectivity index (χ2n) is 5.79. The highest BCUT2D eigenvalue weighted by atomic mass is 19.1. The van der Waals surface area contributed by atoms with Crippen molar-refractivity contribution in [1.82, 2.24) is 19.9 Å². The minimum Gasteiger partial charge on any atom is -0.336 e. The molecule has 0 fully saturated rings. The van der Waals surface area contributed by atoms with E-state index in [1.54, 1.807) is 18.3 Å². The van der Waals surface area contributed by atoms with Crippen molar-refractivity contribution < 1.29 is 4.39 Å². The zero-order valence-electron chi connectivity index (χ0n) is 13.8. The number of hydrogen-bond donors (Lipinski definition) is 1. The van der Waals surface area contributed by atoms with Crippen LogP contribution in [-0.4, -0.2) is 27.3 Å². The van der Waals surface area contributed by atoms with Gasteiger partial charge in [0.25, 0.3) is 0 Å². The standard InChI is InChI=1S/C19H18FN5/c1-2-24-13-22-23-19(24)16-5-3-4-6-17(16)25-12-11-21-18(25)14-7-9-15(20)10-8-14/h3-13,19,23H,2H2,1H3. The van der Waals surface area contributed by atoms with Gasteiger partial charge in [-0.2, -0.15) is 5.10 Å². The fraction of sp³-hybridized carbons (Fsp3) is 0.158. The van der Waals surface area contributed by atoms with Crippen molar-refractivity contribution in [2.75, 3.05) is 6.54 Å². The molecule has 0 bridgehead atoms. The predicted molar refractivity (Wildman–Crippen MR) is 95.7 cm³/mol. The van der Waals surface area contributed by atoms with Crippen LogP contribution in [0, 0.1) is 5.82 Å². The Morgan fingerprint density at radius 1 is 1.12 bits per heavy atom. The van der Waals surface area contributed by atoms with Gasteiger partial charge in [0, 0.05) is 30.1 Å². The Hall–Kier alpha value is -3.15. The van der Waals surface area contributed by atoms with Gasteiger partial charge in [-0.05, 0) is 37.3 Å². The van der Waals surface area contributed by atoms with Gasteiger partial charge in [0.1, 0.15) is 24.1 Å². The maximum atomic E-state index is 13.2. The normalized spacial score (nSPS) is 16.2. The Morgan fingerprint density at radius 3 is 2.72 bits per heavy atom. The number of halogens is 1. The molecule has 0 spiro atoms. The monoisotopic (exact) mass is 335 g/mol. The summed E-state index contributed by atoms with van der Waals surface area (Å²) < 4.78 is 15.3. The molecule has 0 saturated carbocycles. The van der Waals surface area contributed by atoms with E-state index in [2.05, 4.69) is 39.5 Å². The summed E-state index contributed by atoms with van der Waals surface area (Å²) >= 11 is 0. The summed E-state index contributed by atoms with van der Waals surface area (Å²) in [4.78, 5) is 6.61. The van der Waals surface area contributed by atoms with Crippen LogP contribution in [-0.2, 0) is 0 Å². The Kier molecular flexibility index (Phi) is 3.93. The van der Waals surface area contributed by atoms with E-state index in [0.717, 1.165) is 29.2 Å². The van der Waals surface area contributed by atoms with E-state index in [1.807, 2.05) is 29.2 Å². The quantitative estimate of drug-likeness (QED) is 0.793. The molecule has 1 aromatic heterocycles. The highest BCUT2D eigenvalue weighted by molar-refractivity contribution is 5.62. The largest absolute Gasteiger partial charge is 0.336 e. The number of hydrazone groups is 1. The van der Waals surface area contributed by atoms with Gasteiger partial charge in [-0.25, -0.2) is 9.37 Å². The van der Waals surface area contributed by atoms with E-state index < -0.39 is 0 Å². The smallest absolute Gasteiger partial charge is 0.144 e. The first-order valence-corrected chi connectivity index (χ1v) is 8.21. The lowest BCUT2D eigenvalue weighted by molar-refractivity contribution is 0.325. The molecule has 1 unspecified atom stereocenters. The zero-order valence-corrected chi connectivity index (χ0v) is 13.8. The van der Waals surface area contributed by atoms with Crippen LogP contribution in [0.25, 0.3) is 17.1 Å². The fourth-order valence-electron chi connectivity index (χ4n) is 3.08. The van der Waals surface area contributed by atoms with E-state index in [-0.39, 0.29) is 12.0 Å². The molecule has 3 aromatic rings. The van der Waals surface area contributed by atoms with Crippen molar-refractivity contribution in [1.29, 1.82) is 0 Å². The number of imidazole rings is 1. The summed E-state index contributed by atoms with van der Waals surface area (Å²) in [7, 11) is 0. The van der Waals surface area contributed by atoms with Gasteiger partial charge in [-0.3, -0.25) is 9.99 Å². The Bertz CT molecular complexity index is 900. The third-order valence-corrected chi connectivity index (χ3v) is 4.33. The Labute approximate surface area is 145 Å². The summed E-state index contributed by atoms with van der Waals surface area (Å²) in [5.74, 6) is 0.516. The first-order valence-electron chi connectivity index (χ1n) is 8.21. The molecule has 0 aliphatic carbocycles. The summed E-state index contributed by atoms with van der Waals surface area (Å²) in [5.41, 5.74) is 6.13. The summed E-state index contributed by atoms with van der Waals surface area (Å²) in [6.07, 6.45) is 5.47. The van der Waals surface area contributed by atoms with Crippen molar-refractivity contribution >= 4 is 6.34 Å². The molecule has 1 aliphatic heterocycles. The molecule has 0 amide bonds. The molecule has 1 aliphatic rings. The first-order chi connectivity index (χ1) is 12.3. The van der Waals surface area contributed by atoms with Gasteiger partial charge in [0.05, 0.1) is 5.69 Å². The Morgan fingerprint density at radius 2 is 1.92 bits per heavy atom. The molecule has 5 nitrogen and oxygen atoms in total.